The molecule has 0 bridgehead atoms. The number of benzene rings is 4. The number of aryl methyl sites for hydroxylation is 3. The van der Waals surface area contributed by atoms with Crippen LogP contribution in [-0.4, -0.2) is 4.21 Å². The summed E-state index contributed by atoms with van der Waals surface area (Å²) in [6.07, 6.45) is 8.23. The molecule has 6 rings (SSSR count). The van der Waals surface area contributed by atoms with Gasteiger partial charge in [0.05, 0.1) is 0 Å². The molecule has 0 aliphatic heterocycles. The quantitative estimate of drug-likeness (QED) is 0.161. The molecule has 1 unspecified atom stereocenters. The monoisotopic (exact) mass is 782 g/mol. The first-order valence-electron chi connectivity index (χ1n) is 16.4. The van der Waals surface area contributed by atoms with Gasteiger partial charge in [0.1, 0.15) is 0 Å². The summed E-state index contributed by atoms with van der Waals surface area (Å²) in [5.41, 5.74) is 12.4. The molecule has 2 aliphatic rings. The number of fused-ring (bicyclic) bond motifs is 3. The molecule has 4 aromatic carbocycles. The molecular formula is C42H48Cl4Zr. The van der Waals surface area contributed by atoms with E-state index in [-0.39, 0.29) is 36.1 Å². The van der Waals surface area contributed by atoms with Gasteiger partial charge in [0.2, 0.25) is 0 Å². The summed E-state index contributed by atoms with van der Waals surface area (Å²) in [6.45, 7) is 18.4. The van der Waals surface area contributed by atoms with E-state index in [4.69, 9.17) is 27.4 Å². The van der Waals surface area contributed by atoms with Crippen LogP contribution in [0.25, 0.3) is 11.1 Å². The normalized spacial score (nSPS) is 15.7. The second-order valence-electron chi connectivity index (χ2n) is 14.8. The summed E-state index contributed by atoms with van der Waals surface area (Å²) in [7, 11) is 0. The van der Waals surface area contributed by atoms with Crippen molar-refractivity contribution in [2.45, 2.75) is 74.7 Å². The van der Waals surface area contributed by atoms with Crippen molar-refractivity contribution in [1.82, 2.24) is 0 Å². The van der Waals surface area contributed by atoms with Crippen molar-refractivity contribution in [2.75, 3.05) is 0 Å². The van der Waals surface area contributed by atoms with E-state index in [0.29, 0.717) is 0 Å². The van der Waals surface area contributed by atoms with E-state index in [1.165, 1.54) is 63.2 Å². The Morgan fingerprint density at radius 3 is 1.87 bits per heavy atom. The predicted octanol–water partition coefficient (Wildman–Crippen LogP) is 11.3. The summed E-state index contributed by atoms with van der Waals surface area (Å²) in [5.74, 6) is 0.286. The molecular weight excluding hydrogens is 737 g/mol. The molecule has 2 aliphatic carbocycles. The van der Waals surface area contributed by atoms with Crippen LogP contribution in [0.2, 0.25) is 10.0 Å². The van der Waals surface area contributed by atoms with Crippen LogP contribution in [0, 0.1) is 39.0 Å². The van der Waals surface area contributed by atoms with E-state index in [9.17, 15) is 0 Å². The Kier molecular flexibility index (Phi) is 11.0. The molecule has 0 spiro atoms. The summed E-state index contributed by atoms with van der Waals surface area (Å²) in [4.78, 5) is 0. The van der Waals surface area contributed by atoms with Crippen molar-refractivity contribution >= 4 is 62.0 Å². The van der Waals surface area contributed by atoms with Crippen LogP contribution >= 0.6 is 48.0 Å². The Hall–Kier alpha value is -1.73. The number of allylic oxidation sites excluding steroid dienone is 4. The van der Waals surface area contributed by atoms with Crippen molar-refractivity contribution in [3.05, 3.63) is 131 Å². The maximum absolute atomic E-state index is 6.97. The summed E-state index contributed by atoms with van der Waals surface area (Å²) < 4.78 is 11.3. The number of halogens is 4. The van der Waals surface area contributed by atoms with E-state index in [2.05, 4.69) is 122 Å². The van der Waals surface area contributed by atoms with E-state index in [1.54, 1.807) is 0 Å². The predicted molar refractivity (Wildman–Crippen MR) is 211 cm³/mol. The van der Waals surface area contributed by atoms with E-state index in [1.807, 2.05) is 12.1 Å². The summed E-state index contributed by atoms with van der Waals surface area (Å²) >= 11 is 8.79. The molecule has 0 heterocycles. The number of rotatable bonds is 6. The summed E-state index contributed by atoms with van der Waals surface area (Å²) in [5, 5.41) is 1.51. The van der Waals surface area contributed by atoms with Gasteiger partial charge >= 0.3 is 284 Å². The van der Waals surface area contributed by atoms with Gasteiger partial charge < -0.3 is 0 Å². The minimum absolute atomic E-state index is 0. The molecule has 0 fully saturated rings. The van der Waals surface area contributed by atoms with Gasteiger partial charge in [0.15, 0.2) is 0 Å². The fraction of sp³-hybridized carbons (Fsp3) is 0.310. The topological polar surface area (TPSA) is 0 Å². The third-order valence-corrected chi connectivity index (χ3v) is 28.0. The first-order valence-corrected chi connectivity index (χ1v) is 23.8. The van der Waals surface area contributed by atoms with E-state index >= 15 is 0 Å². The molecule has 0 amide bonds. The second kappa shape index (κ2) is 13.5. The summed E-state index contributed by atoms with van der Waals surface area (Å²) in [6, 6.07) is 24.7. The van der Waals surface area contributed by atoms with Crippen molar-refractivity contribution in [3.8, 4) is 11.1 Å². The SMILES string of the molecule is Cl.Cl.[CH2]=[Zr]([C]1=CC(C(C)(C)C)=CC1CCC)([c]1cccc(Cl)c1)([c]1cccc(Cl)c1)[c]1c(C)c(C)cc2c1Cc1cc(C)c(C)cc1-2. The third-order valence-electron chi connectivity index (χ3n) is 11.0. The third kappa shape index (κ3) is 5.95. The van der Waals surface area contributed by atoms with Gasteiger partial charge in [-0.25, -0.2) is 0 Å². The van der Waals surface area contributed by atoms with Gasteiger partial charge in [-0.05, 0) is 0 Å². The Labute approximate surface area is 306 Å². The van der Waals surface area contributed by atoms with Gasteiger partial charge in [-0.1, -0.05) is 0 Å². The molecule has 0 saturated carbocycles. The average molecular weight is 786 g/mol. The van der Waals surface area contributed by atoms with Gasteiger partial charge in [-0.2, -0.15) is 0 Å². The van der Waals surface area contributed by atoms with Crippen LogP contribution < -0.4 is 9.81 Å². The van der Waals surface area contributed by atoms with Crippen LogP contribution in [0.1, 0.15) is 73.9 Å². The zero-order valence-corrected chi connectivity index (χ0v) is 34.6. The number of hydrogen-bond acceptors (Lipinski definition) is 0. The molecule has 0 saturated heterocycles. The van der Waals surface area contributed by atoms with Crippen molar-refractivity contribution in [1.29, 1.82) is 0 Å². The molecule has 1 atom stereocenters. The fourth-order valence-electron chi connectivity index (χ4n) is 8.41. The van der Waals surface area contributed by atoms with Crippen molar-refractivity contribution in [3.63, 3.8) is 0 Å². The first-order chi connectivity index (χ1) is 21.2. The van der Waals surface area contributed by atoms with Gasteiger partial charge in [-0.3, -0.25) is 0 Å². The standard InChI is InChI=1S/C17H17.C12H19.2C6H4Cl.CH2.2ClH.Zr/c1-10-5-14-9-15-6-11(2)13(4)8-17(15)16(14)7-12(10)3;1-5-6-10-7-8-11(9-10)12(2,3)4;2*7-6-4-2-1-3-5-6;;;;/h5,7-8H,9H2,1-4H3;8-10H,5-6H2,1-4H3;2*1-2,4-5H;1H2;2*1H;. The van der Waals surface area contributed by atoms with Crippen molar-refractivity contribution < 1.29 is 18.3 Å². The average Bonchev–Trinajstić information content (AvgIpc) is 3.56. The van der Waals surface area contributed by atoms with Crippen LogP contribution in [0.15, 0.2) is 87.7 Å². The van der Waals surface area contributed by atoms with E-state index in [0.717, 1.165) is 29.3 Å². The van der Waals surface area contributed by atoms with Crippen molar-refractivity contribution in [2.24, 2.45) is 11.3 Å². The molecule has 0 aromatic heterocycles. The zero-order chi connectivity index (χ0) is 32.5. The minimum atomic E-state index is -5.15. The van der Waals surface area contributed by atoms with Crippen LogP contribution in [-0.2, 0) is 24.7 Å². The maximum atomic E-state index is 6.97. The molecule has 248 valence electrons. The van der Waals surface area contributed by atoms with Gasteiger partial charge in [0.25, 0.3) is 0 Å². The van der Waals surface area contributed by atoms with Crippen LogP contribution in [0.3, 0.4) is 0 Å². The van der Waals surface area contributed by atoms with Crippen LogP contribution in [0.5, 0.6) is 0 Å². The Morgan fingerprint density at radius 1 is 0.787 bits per heavy atom. The molecule has 47 heavy (non-hydrogen) atoms. The Bertz CT molecular complexity index is 1950. The Morgan fingerprint density at radius 2 is 1.34 bits per heavy atom. The van der Waals surface area contributed by atoms with E-state index < -0.39 is 18.3 Å². The van der Waals surface area contributed by atoms with Crippen LogP contribution in [0.4, 0.5) is 0 Å². The second-order valence-corrected chi connectivity index (χ2v) is 28.4. The molecule has 4 aromatic rings. The fourth-order valence-corrected chi connectivity index (χ4v) is 26.9. The molecule has 0 N–H and O–H groups in total. The first kappa shape index (κ1) is 38.1. The number of hydrogen-bond donors (Lipinski definition) is 0. The molecule has 0 radical (unpaired) electrons. The zero-order valence-electron chi connectivity index (χ0n) is 29.0. The van der Waals surface area contributed by atoms with Gasteiger partial charge in [-0.15, -0.1) is 24.8 Å². The Balaban J connectivity index is 0.00000250. The van der Waals surface area contributed by atoms with Gasteiger partial charge in [0, 0.05) is 0 Å². The molecule has 5 heteroatoms. The molecule has 0 nitrogen and oxygen atoms in total.